The van der Waals surface area contributed by atoms with Crippen molar-refractivity contribution in [3.63, 3.8) is 0 Å². The monoisotopic (exact) mass is 510 g/mol. The van der Waals surface area contributed by atoms with Gasteiger partial charge in [-0.05, 0) is 60.7 Å². The highest BCUT2D eigenvalue weighted by molar-refractivity contribution is 6.06. The number of carboxylic acids is 1. The molecule has 196 valence electrons. The molecule has 2 aliphatic rings. The number of nitrogens with one attached hydrogen (secondary N) is 2. The van der Waals surface area contributed by atoms with Crippen LogP contribution in [-0.4, -0.2) is 50.8 Å². The van der Waals surface area contributed by atoms with E-state index in [0.29, 0.717) is 17.0 Å². The molecule has 1 fully saturated rings. The van der Waals surface area contributed by atoms with Gasteiger partial charge in [0, 0.05) is 17.7 Å². The summed E-state index contributed by atoms with van der Waals surface area (Å²) in [5.74, 6) is -1.67. The Morgan fingerprint density at radius 2 is 1.86 bits per heavy atom. The lowest BCUT2D eigenvalue weighted by molar-refractivity contribution is -0.175. The number of carbonyl (C=O) groups excluding carboxylic acids is 1. The molecule has 2 aromatic carbocycles. The van der Waals surface area contributed by atoms with E-state index in [2.05, 4.69) is 10.5 Å². The minimum Gasteiger partial charge on any atom is -0.478 e. The minimum absolute atomic E-state index is 0.165. The number of guanidine groups is 1. The first-order valence-corrected chi connectivity index (χ1v) is 12.1. The second-order valence-electron chi connectivity index (χ2n) is 9.38. The maximum Gasteiger partial charge on any atom is 0.351 e. The van der Waals surface area contributed by atoms with Gasteiger partial charge in [0.25, 0.3) is 0 Å². The zero-order chi connectivity index (χ0) is 26.6. The third-order valence-electron chi connectivity index (χ3n) is 6.68. The fourth-order valence-electron chi connectivity index (χ4n) is 4.86. The molecule has 11 heteroatoms. The van der Waals surface area contributed by atoms with Gasteiger partial charge in [-0.1, -0.05) is 30.5 Å². The summed E-state index contributed by atoms with van der Waals surface area (Å²) in [5.41, 5.74) is 6.20. The number of carboxylic acid groups (broad SMARTS) is 1. The van der Waals surface area contributed by atoms with Crippen LogP contribution in [0.5, 0.6) is 5.75 Å². The van der Waals surface area contributed by atoms with Crippen molar-refractivity contribution in [3.8, 4) is 5.75 Å². The third kappa shape index (κ3) is 6.07. The predicted octanol–water partition coefficient (Wildman–Crippen LogP) is 2.91. The fraction of sp³-hybridized carbons (Fsp3) is 0.385. The van der Waals surface area contributed by atoms with Gasteiger partial charge in [-0.15, -0.1) is 0 Å². The van der Waals surface area contributed by atoms with Crippen LogP contribution < -0.4 is 15.8 Å². The zero-order valence-corrected chi connectivity index (χ0v) is 20.1. The Kier molecular flexibility index (Phi) is 7.74. The van der Waals surface area contributed by atoms with E-state index in [1.54, 1.807) is 36.4 Å². The standard InChI is InChI=1S/C26H30N4O7/c27-25(28)29-17-8-6-16(7-9-17)23(33)36-18-10-11-19(15-4-2-1-3-5-15)20(12-18)21-13-26(24(34)35,37-30-21)14-22(31)32/h6-12,15,22,31-32H,1-5,13-14H2,(H,34,35)(H4,27,28,29). The quantitative estimate of drug-likeness (QED) is 0.102. The van der Waals surface area contributed by atoms with E-state index in [1.807, 2.05) is 6.07 Å². The molecule has 0 spiro atoms. The van der Waals surface area contributed by atoms with Crippen LogP contribution in [0.2, 0.25) is 0 Å². The Hall–Kier alpha value is -3.96. The summed E-state index contributed by atoms with van der Waals surface area (Å²) in [6, 6.07) is 11.5. The van der Waals surface area contributed by atoms with E-state index >= 15 is 0 Å². The van der Waals surface area contributed by atoms with Crippen LogP contribution in [0.15, 0.2) is 47.6 Å². The number of rotatable bonds is 8. The highest BCUT2D eigenvalue weighted by atomic mass is 16.7. The molecule has 0 saturated heterocycles. The van der Waals surface area contributed by atoms with Gasteiger partial charge in [0.05, 0.1) is 17.7 Å². The fourth-order valence-corrected chi connectivity index (χ4v) is 4.86. The summed E-state index contributed by atoms with van der Waals surface area (Å²) in [6.07, 6.45) is 2.66. The largest absolute Gasteiger partial charge is 0.478 e. The van der Waals surface area contributed by atoms with E-state index < -0.39 is 30.3 Å². The lowest BCUT2D eigenvalue weighted by atomic mass is 9.80. The molecule has 1 aliphatic carbocycles. The Morgan fingerprint density at radius 3 is 2.49 bits per heavy atom. The molecular formula is C26H30N4O7. The van der Waals surface area contributed by atoms with Gasteiger partial charge in [0.1, 0.15) is 5.75 Å². The van der Waals surface area contributed by atoms with Crippen molar-refractivity contribution >= 4 is 29.3 Å². The van der Waals surface area contributed by atoms with Gasteiger partial charge in [0.15, 0.2) is 12.2 Å². The zero-order valence-electron chi connectivity index (χ0n) is 20.1. The molecule has 7 N–H and O–H groups in total. The summed E-state index contributed by atoms with van der Waals surface area (Å²) in [6.45, 7) is 0. The number of hydrogen-bond acceptors (Lipinski definition) is 8. The summed E-state index contributed by atoms with van der Waals surface area (Å²) >= 11 is 0. The second kappa shape index (κ2) is 11.0. The molecule has 0 bridgehead atoms. The summed E-state index contributed by atoms with van der Waals surface area (Å²) < 4.78 is 5.61. The van der Waals surface area contributed by atoms with Crippen LogP contribution in [0.1, 0.15) is 72.3 Å². The number of carbonyl (C=O) groups is 2. The molecule has 1 atom stereocenters. The molecular weight excluding hydrogens is 480 g/mol. The highest BCUT2D eigenvalue weighted by Crippen LogP contribution is 2.39. The summed E-state index contributed by atoms with van der Waals surface area (Å²) in [7, 11) is 0. The number of aliphatic carboxylic acids is 1. The molecule has 0 aromatic heterocycles. The van der Waals surface area contributed by atoms with Crippen molar-refractivity contribution in [1.82, 2.24) is 0 Å². The number of anilines is 1. The first-order chi connectivity index (χ1) is 17.7. The van der Waals surface area contributed by atoms with Crippen LogP contribution in [0, 0.1) is 5.41 Å². The normalized spacial score (nSPS) is 19.7. The smallest absolute Gasteiger partial charge is 0.351 e. The van der Waals surface area contributed by atoms with Gasteiger partial charge >= 0.3 is 11.9 Å². The van der Waals surface area contributed by atoms with E-state index in [0.717, 1.165) is 37.7 Å². The topological polar surface area (TPSA) is 188 Å². The Balaban J connectivity index is 1.61. The predicted molar refractivity (Wildman–Crippen MR) is 135 cm³/mol. The third-order valence-corrected chi connectivity index (χ3v) is 6.68. The minimum atomic E-state index is -1.89. The van der Waals surface area contributed by atoms with Crippen molar-refractivity contribution in [2.45, 2.75) is 62.8 Å². The molecule has 1 heterocycles. The van der Waals surface area contributed by atoms with Crippen molar-refractivity contribution < 1.29 is 34.5 Å². The number of benzene rings is 2. The van der Waals surface area contributed by atoms with Crippen LogP contribution in [0.25, 0.3) is 0 Å². The number of ether oxygens (including phenoxy) is 1. The van der Waals surface area contributed by atoms with Crippen LogP contribution in [0.3, 0.4) is 0 Å². The van der Waals surface area contributed by atoms with E-state index in [4.69, 9.17) is 20.7 Å². The molecule has 0 amide bonds. The molecule has 1 unspecified atom stereocenters. The Bertz CT molecular complexity index is 1210. The number of nitrogens with zero attached hydrogens (tertiary/aromatic N) is 1. The SMILES string of the molecule is N=C(N)Nc1ccc(C(=O)Oc2ccc(C3CCCCC3)c(C3=NOC(CC(O)O)(C(=O)O)C3)c2)cc1. The molecule has 0 radical (unpaired) electrons. The van der Waals surface area contributed by atoms with Crippen molar-refractivity contribution in [2.75, 3.05) is 5.32 Å². The van der Waals surface area contributed by atoms with Crippen molar-refractivity contribution in [3.05, 3.63) is 59.2 Å². The number of oxime groups is 1. The lowest BCUT2D eigenvalue weighted by Crippen LogP contribution is -2.42. The van der Waals surface area contributed by atoms with Gasteiger partial charge in [-0.2, -0.15) is 0 Å². The van der Waals surface area contributed by atoms with Gasteiger partial charge in [-0.3, -0.25) is 5.41 Å². The molecule has 4 rings (SSSR count). The highest BCUT2D eigenvalue weighted by Gasteiger charge is 2.49. The first kappa shape index (κ1) is 26.1. The van der Waals surface area contributed by atoms with Gasteiger partial charge < -0.3 is 35.9 Å². The van der Waals surface area contributed by atoms with Gasteiger partial charge in [-0.25, -0.2) is 9.59 Å². The number of nitrogens with two attached hydrogens (primary N) is 1. The number of aliphatic hydroxyl groups is 2. The lowest BCUT2D eigenvalue weighted by Gasteiger charge is -2.25. The van der Waals surface area contributed by atoms with Crippen LogP contribution in [0.4, 0.5) is 5.69 Å². The first-order valence-electron chi connectivity index (χ1n) is 12.1. The Labute approximate surface area is 213 Å². The maximum absolute atomic E-state index is 12.8. The number of hydrogen-bond donors (Lipinski definition) is 6. The summed E-state index contributed by atoms with van der Waals surface area (Å²) in [4.78, 5) is 30.0. The van der Waals surface area contributed by atoms with Crippen molar-refractivity contribution in [1.29, 1.82) is 5.41 Å². The number of esters is 1. The summed E-state index contributed by atoms with van der Waals surface area (Å²) in [5, 5.41) is 42.6. The second-order valence-corrected chi connectivity index (χ2v) is 9.38. The van der Waals surface area contributed by atoms with Gasteiger partial charge in [0.2, 0.25) is 5.60 Å². The van der Waals surface area contributed by atoms with E-state index in [1.165, 1.54) is 0 Å². The molecule has 37 heavy (non-hydrogen) atoms. The molecule has 11 nitrogen and oxygen atoms in total. The van der Waals surface area contributed by atoms with Crippen LogP contribution in [-0.2, 0) is 9.63 Å². The average Bonchev–Trinajstić information content (AvgIpc) is 3.29. The van der Waals surface area contributed by atoms with E-state index in [-0.39, 0.29) is 29.6 Å². The molecule has 1 aliphatic heterocycles. The van der Waals surface area contributed by atoms with Crippen molar-refractivity contribution in [2.24, 2.45) is 10.9 Å². The van der Waals surface area contributed by atoms with Crippen LogP contribution >= 0.6 is 0 Å². The molecule has 1 saturated carbocycles. The van der Waals surface area contributed by atoms with E-state index in [9.17, 15) is 24.9 Å². The maximum atomic E-state index is 12.8. The Morgan fingerprint density at radius 1 is 1.16 bits per heavy atom. The average molecular weight is 511 g/mol. The number of aliphatic hydroxyl groups excluding tert-OH is 1. The molecule has 2 aromatic rings.